The molecular weight excluding hydrogens is 297 g/mol. The van der Waals surface area contributed by atoms with E-state index in [0.29, 0.717) is 3.57 Å². The molecule has 4 N–H and O–H groups in total. The van der Waals surface area contributed by atoms with Gasteiger partial charge in [0.2, 0.25) is 0 Å². The first-order valence-corrected chi connectivity index (χ1v) is 4.95. The van der Waals surface area contributed by atoms with Crippen molar-refractivity contribution >= 4 is 28.6 Å². The topological polar surface area (TPSA) is 83.6 Å². The third-order valence-electron chi connectivity index (χ3n) is 1.99. The number of para-hydroxylation sites is 1. The number of hydrogen-bond donors (Lipinski definition) is 3. The molecule has 0 spiro atoms. The fourth-order valence-electron chi connectivity index (χ4n) is 1.05. The minimum absolute atomic E-state index is 0.0690. The van der Waals surface area contributed by atoms with Crippen molar-refractivity contribution in [3.63, 3.8) is 0 Å². The molecule has 0 saturated heterocycles. The van der Waals surface area contributed by atoms with Gasteiger partial charge in [0.15, 0.2) is 0 Å². The Balaban J connectivity index is 3.33. The quantitative estimate of drug-likeness (QED) is 0.718. The molecule has 0 bridgehead atoms. The van der Waals surface area contributed by atoms with Gasteiger partial charge in [-0.25, -0.2) is 4.79 Å². The summed E-state index contributed by atoms with van der Waals surface area (Å²) in [6, 6.07) is 4.84. The second kappa shape index (κ2) is 3.74. The van der Waals surface area contributed by atoms with Crippen molar-refractivity contribution < 1.29 is 15.0 Å². The van der Waals surface area contributed by atoms with E-state index in [1.165, 1.54) is 13.0 Å². The molecule has 0 amide bonds. The number of carbonyl (C=O) groups is 1. The molecule has 0 aliphatic rings. The van der Waals surface area contributed by atoms with Gasteiger partial charge >= 0.3 is 5.97 Å². The number of phenols is 1. The van der Waals surface area contributed by atoms with Crippen LogP contribution in [0.4, 0.5) is 0 Å². The van der Waals surface area contributed by atoms with Crippen molar-refractivity contribution in [1.82, 2.24) is 0 Å². The number of aromatic hydroxyl groups is 1. The van der Waals surface area contributed by atoms with Crippen molar-refractivity contribution in [3.05, 3.63) is 27.3 Å². The predicted molar refractivity (Wildman–Crippen MR) is 60.0 cm³/mol. The van der Waals surface area contributed by atoms with Gasteiger partial charge in [-0.05, 0) is 35.6 Å². The molecule has 0 aliphatic carbocycles. The van der Waals surface area contributed by atoms with Gasteiger partial charge in [0.25, 0.3) is 0 Å². The fraction of sp³-hybridized carbons (Fsp3) is 0.222. The average Bonchev–Trinajstić information content (AvgIpc) is 2.09. The van der Waals surface area contributed by atoms with E-state index in [9.17, 15) is 9.90 Å². The largest absolute Gasteiger partial charge is 0.506 e. The zero-order valence-electron chi connectivity index (χ0n) is 7.49. The van der Waals surface area contributed by atoms with Crippen LogP contribution >= 0.6 is 22.6 Å². The van der Waals surface area contributed by atoms with E-state index in [1.54, 1.807) is 12.1 Å². The van der Waals surface area contributed by atoms with Crippen LogP contribution in [0.1, 0.15) is 12.5 Å². The molecule has 1 rings (SSSR count). The lowest BCUT2D eigenvalue weighted by Crippen LogP contribution is -2.41. The summed E-state index contributed by atoms with van der Waals surface area (Å²) < 4.78 is 0.582. The Hall–Kier alpha value is -0.820. The minimum Gasteiger partial charge on any atom is -0.506 e. The predicted octanol–water partition coefficient (Wildman–Crippen LogP) is 1.26. The van der Waals surface area contributed by atoms with Crippen molar-refractivity contribution in [2.24, 2.45) is 5.73 Å². The first kappa shape index (κ1) is 11.3. The fourth-order valence-corrected chi connectivity index (χ4v) is 1.55. The highest BCUT2D eigenvalue weighted by atomic mass is 127. The molecular formula is C9H10INO3. The Morgan fingerprint density at radius 2 is 2.14 bits per heavy atom. The molecule has 14 heavy (non-hydrogen) atoms. The molecule has 5 heteroatoms. The van der Waals surface area contributed by atoms with Crippen LogP contribution in [0.2, 0.25) is 0 Å². The molecule has 0 saturated carbocycles. The molecule has 0 heterocycles. The van der Waals surface area contributed by atoms with Crippen LogP contribution in [-0.2, 0) is 10.3 Å². The van der Waals surface area contributed by atoms with Gasteiger partial charge in [-0.3, -0.25) is 0 Å². The molecule has 0 radical (unpaired) electrons. The van der Waals surface area contributed by atoms with Crippen molar-refractivity contribution in [2.45, 2.75) is 12.5 Å². The second-order valence-electron chi connectivity index (χ2n) is 3.14. The lowest BCUT2D eigenvalue weighted by Gasteiger charge is -2.21. The SMILES string of the molecule is C[C@](N)(C(=O)O)c1cccc(I)c1O. The maximum atomic E-state index is 10.8. The summed E-state index contributed by atoms with van der Waals surface area (Å²) in [6.45, 7) is 1.35. The smallest absolute Gasteiger partial charge is 0.328 e. The molecule has 76 valence electrons. The van der Waals surface area contributed by atoms with E-state index in [1.807, 2.05) is 22.6 Å². The van der Waals surface area contributed by atoms with Gasteiger partial charge in [0.1, 0.15) is 11.3 Å². The maximum Gasteiger partial charge on any atom is 0.328 e. The summed E-state index contributed by atoms with van der Waals surface area (Å²) in [4.78, 5) is 10.8. The van der Waals surface area contributed by atoms with Gasteiger partial charge in [0.05, 0.1) is 3.57 Å². The molecule has 0 unspecified atom stereocenters. The van der Waals surface area contributed by atoms with Crippen molar-refractivity contribution in [1.29, 1.82) is 0 Å². The Bertz CT molecular complexity index is 376. The first-order valence-electron chi connectivity index (χ1n) is 3.87. The third-order valence-corrected chi connectivity index (χ3v) is 2.86. The Morgan fingerprint density at radius 1 is 1.57 bits per heavy atom. The standard InChI is InChI=1S/C9H10INO3/c1-9(11,8(13)14)5-3-2-4-6(10)7(5)12/h2-4,12H,11H2,1H3,(H,13,14)/t9-/m1/s1. The monoisotopic (exact) mass is 307 g/mol. The molecule has 1 aromatic rings. The van der Waals surface area contributed by atoms with Crippen LogP contribution in [0.25, 0.3) is 0 Å². The van der Waals surface area contributed by atoms with Crippen molar-refractivity contribution in [2.75, 3.05) is 0 Å². The number of aliphatic carboxylic acids is 1. The normalized spacial score (nSPS) is 14.8. The van der Waals surface area contributed by atoms with Gasteiger partial charge in [-0.1, -0.05) is 12.1 Å². The molecule has 1 aromatic carbocycles. The maximum absolute atomic E-state index is 10.8. The summed E-state index contributed by atoms with van der Waals surface area (Å²) >= 11 is 1.91. The highest BCUT2D eigenvalue weighted by Crippen LogP contribution is 2.31. The van der Waals surface area contributed by atoms with Crippen LogP contribution in [0.3, 0.4) is 0 Å². The Kier molecular flexibility index (Phi) is 3.01. The molecule has 4 nitrogen and oxygen atoms in total. The lowest BCUT2D eigenvalue weighted by atomic mass is 9.93. The van der Waals surface area contributed by atoms with Gasteiger partial charge < -0.3 is 15.9 Å². The van der Waals surface area contributed by atoms with Crippen LogP contribution in [0.5, 0.6) is 5.75 Å². The number of nitrogens with two attached hydrogens (primary N) is 1. The Morgan fingerprint density at radius 3 is 2.64 bits per heavy atom. The molecule has 0 aliphatic heterocycles. The lowest BCUT2D eigenvalue weighted by molar-refractivity contribution is -0.143. The van der Waals surface area contributed by atoms with E-state index in [-0.39, 0.29) is 11.3 Å². The number of benzene rings is 1. The zero-order valence-corrected chi connectivity index (χ0v) is 9.65. The third kappa shape index (κ3) is 1.83. The van der Waals surface area contributed by atoms with Gasteiger partial charge in [-0.2, -0.15) is 0 Å². The van der Waals surface area contributed by atoms with Crippen LogP contribution in [0.15, 0.2) is 18.2 Å². The summed E-state index contributed by atoms with van der Waals surface area (Å²) in [5, 5.41) is 18.5. The number of carboxylic acid groups (broad SMARTS) is 1. The number of halogens is 1. The van der Waals surface area contributed by atoms with E-state index >= 15 is 0 Å². The summed E-state index contributed by atoms with van der Waals surface area (Å²) in [7, 11) is 0. The van der Waals surface area contributed by atoms with E-state index < -0.39 is 11.5 Å². The summed E-state index contributed by atoms with van der Waals surface area (Å²) in [5.41, 5.74) is 4.24. The van der Waals surface area contributed by atoms with E-state index in [2.05, 4.69) is 0 Å². The number of carboxylic acids is 1. The summed E-state index contributed by atoms with van der Waals surface area (Å²) in [5.74, 6) is -1.24. The second-order valence-corrected chi connectivity index (χ2v) is 4.31. The van der Waals surface area contributed by atoms with Crippen LogP contribution < -0.4 is 5.73 Å². The number of phenolic OH excluding ortho intramolecular Hbond substituents is 1. The minimum atomic E-state index is -1.56. The summed E-state index contributed by atoms with van der Waals surface area (Å²) in [6.07, 6.45) is 0. The van der Waals surface area contributed by atoms with Crippen LogP contribution in [-0.4, -0.2) is 16.2 Å². The average molecular weight is 307 g/mol. The number of rotatable bonds is 2. The zero-order chi connectivity index (χ0) is 10.9. The molecule has 0 fully saturated rings. The Labute approximate surface area is 94.9 Å². The highest BCUT2D eigenvalue weighted by Gasteiger charge is 2.33. The van der Waals surface area contributed by atoms with Crippen LogP contribution in [0, 0.1) is 3.57 Å². The highest BCUT2D eigenvalue weighted by molar-refractivity contribution is 14.1. The van der Waals surface area contributed by atoms with Gasteiger partial charge in [0, 0.05) is 5.56 Å². The molecule has 1 atom stereocenters. The van der Waals surface area contributed by atoms with Crippen molar-refractivity contribution in [3.8, 4) is 5.75 Å². The number of hydrogen-bond acceptors (Lipinski definition) is 3. The molecule has 0 aromatic heterocycles. The van der Waals surface area contributed by atoms with Gasteiger partial charge in [-0.15, -0.1) is 0 Å². The first-order chi connectivity index (χ1) is 6.37. The van der Waals surface area contributed by atoms with E-state index in [0.717, 1.165) is 0 Å². The van der Waals surface area contributed by atoms with E-state index in [4.69, 9.17) is 10.8 Å².